The molecule has 1 heterocycles. The zero-order chi connectivity index (χ0) is 15.8. The second kappa shape index (κ2) is 8.62. The Labute approximate surface area is 133 Å². The Balaban J connectivity index is 1.75. The molecule has 0 saturated heterocycles. The number of H-pyrrole nitrogens is 1. The fourth-order valence-electron chi connectivity index (χ4n) is 2.92. The van der Waals surface area contributed by atoms with Gasteiger partial charge in [-0.15, -0.1) is 0 Å². The van der Waals surface area contributed by atoms with Crippen LogP contribution in [0.25, 0.3) is 10.9 Å². The van der Waals surface area contributed by atoms with Crippen LogP contribution in [0.1, 0.15) is 57.9 Å². The van der Waals surface area contributed by atoms with E-state index in [9.17, 15) is 4.79 Å². The number of hydrogen-bond donors (Lipinski definition) is 2. The molecule has 1 aromatic heterocycles. The van der Waals surface area contributed by atoms with Crippen molar-refractivity contribution in [2.24, 2.45) is 0 Å². The average Bonchev–Trinajstić information content (AvgIpc) is 2.90. The summed E-state index contributed by atoms with van der Waals surface area (Å²) in [5.74, 6) is 0.184. The molecular weight excluding hydrogens is 272 g/mol. The van der Waals surface area contributed by atoms with Crippen LogP contribution in [0, 0.1) is 0 Å². The lowest BCUT2D eigenvalue weighted by atomic mass is 10.1. The summed E-state index contributed by atoms with van der Waals surface area (Å²) in [6.45, 7) is 4.29. The van der Waals surface area contributed by atoms with Crippen LogP contribution in [0.3, 0.4) is 0 Å². The van der Waals surface area contributed by atoms with Gasteiger partial charge < -0.3 is 10.3 Å². The smallest absolute Gasteiger partial charge is 0.220 e. The number of aromatic nitrogens is 1. The van der Waals surface area contributed by atoms with Crippen molar-refractivity contribution in [3.05, 3.63) is 36.0 Å². The number of hydrogen-bond acceptors (Lipinski definition) is 1. The van der Waals surface area contributed by atoms with E-state index < -0.39 is 0 Å². The summed E-state index contributed by atoms with van der Waals surface area (Å²) < 4.78 is 0. The summed E-state index contributed by atoms with van der Waals surface area (Å²) in [6, 6.07) is 8.47. The maximum atomic E-state index is 12.0. The molecule has 2 rings (SSSR count). The lowest BCUT2D eigenvalue weighted by Crippen LogP contribution is -2.33. The van der Waals surface area contributed by atoms with Gasteiger partial charge in [-0.3, -0.25) is 4.79 Å². The number of carbonyl (C=O) groups excluding carboxylic acids is 1. The van der Waals surface area contributed by atoms with Crippen molar-refractivity contribution < 1.29 is 4.79 Å². The van der Waals surface area contributed by atoms with E-state index in [0.717, 1.165) is 24.8 Å². The minimum absolute atomic E-state index is 0.169. The second-order valence-corrected chi connectivity index (χ2v) is 6.20. The van der Waals surface area contributed by atoms with Gasteiger partial charge in [0, 0.05) is 29.6 Å². The zero-order valence-corrected chi connectivity index (χ0v) is 13.8. The molecule has 1 amide bonds. The topological polar surface area (TPSA) is 44.9 Å². The molecule has 120 valence electrons. The van der Waals surface area contributed by atoms with Crippen LogP contribution in [-0.4, -0.2) is 16.9 Å². The Morgan fingerprint density at radius 2 is 1.95 bits per heavy atom. The second-order valence-electron chi connectivity index (χ2n) is 6.20. The Hall–Kier alpha value is -1.77. The van der Waals surface area contributed by atoms with Gasteiger partial charge in [0.2, 0.25) is 5.91 Å². The minimum atomic E-state index is 0.169. The van der Waals surface area contributed by atoms with Crippen LogP contribution in [0.4, 0.5) is 0 Å². The normalized spacial score (nSPS) is 12.5. The van der Waals surface area contributed by atoms with Gasteiger partial charge in [-0.25, -0.2) is 0 Å². The third kappa shape index (κ3) is 4.90. The molecule has 0 bridgehead atoms. The first-order chi connectivity index (χ1) is 10.7. The number of para-hydroxylation sites is 1. The molecule has 2 N–H and O–H groups in total. The van der Waals surface area contributed by atoms with Crippen molar-refractivity contribution in [2.75, 3.05) is 0 Å². The molecule has 3 heteroatoms. The predicted octanol–water partition coefficient (Wildman–Crippen LogP) is 4.58. The molecule has 3 nitrogen and oxygen atoms in total. The standard InChI is InChI=1S/C19H28N2O/c1-3-4-5-6-7-12-19(22)21-15(2)13-16-14-20-18-11-9-8-10-17(16)18/h8-11,14-15,20H,3-7,12-13H2,1-2H3,(H,21,22). The fraction of sp³-hybridized carbons (Fsp3) is 0.526. The van der Waals surface area contributed by atoms with Gasteiger partial charge in [0.25, 0.3) is 0 Å². The summed E-state index contributed by atoms with van der Waals surface area (Å²) in [5.41, 5.74) is 2.43. The van der Waals surface area contributed by atoms with Crippen LogP contribution in [0.2, 0.25) is 0 Å². The van der Waals surface area contributed by atoms with Crippen LogP contribution in [-0.2, 0) is 11.2 Å². The maximum Gasteiger partial charge on any atom is 0.220 e. The summed E-state index contributed by atoms with van der Waals surface area (Å²) in [5, 5.41) is 4.37. The average molecular weight is 300 g/mol. The van der Waals surface area contributed by atoms with E-state index in [1.54, 1.807) is 0 Å². The summed E-state index contributed by atoms with van der Waals surface area (Å²) >= 11 is 0. The molecule has 2 aromatic rings. The molecular formula is C19H28N2O. The number of carbonyl (C=O) groups is 1. The highest BCUT2D eigenvalue weighted by Gasteiger charge is 2.10. The molecule has 0 fully saturated rings. The quantitative estimate of drug-likeness (QED) is 0.654. The molecule has 0 radical (unpaired) electrons. The highest BCUT2D eigenvalue weighted by molar-refractivity contribution is 5.83. The van der Waals surface area contributed by atoms with Gasteiger partial charge in [-0.1, -0.05) is 50.8 Å². The number of fused-ring (bicyclic) bond motifs is 1. The van der Waals surface area contributed by atoms with Crippen molar-refractivity contribution >= 4 is 16.8 Å². The number of amides is 1. The molecule has 0 spiro atoms. The molecule has 0 aliphatic heterocycles. The van der Waals surface area contributed by atoms with Crippen molar-refractivity contribution in [1.29, 1.82) is 0 Å². The van der Waals surface area contributed by atoms with Crippen LogP contribution in [0.5, 0.6) is 0 Å². The Morgan fingerprint density at radius 3 is 2.77 bits per heavy atom. The fourth-order valence-corrected chi connectivity index (χ4v) is 2.92. The van der Waals surface area contributed by atoms with Crippen molar-refractivity contribution in [3.8, 4) is 0 Å². The maximum absolute atomic E-state index is 12.0. The SMILES string of the molecule is CCCCCCCC(=O)NC(C)Cc1c[nH]c2ccccc12. The monoisotopic (exact) mass is 300 g/mol. The van der Waals surface area contributed by atoms with Crippen molar-refractivity contribution in [3.63, 3.8) is 0 Å². The van der Waals surface area contributed by atoms with E-state index in [4.69, 9.17) is 0 Å². The number of rotatable bonds is 9. The van der Waals surface area contributed by atoms with E-state index in [-0.39, 0.29) is 11.9 Å². The lowest BCUT2D eigenvalue weighted by molar-refractivity contribution is -0.121. The lowest BCUT2D eigenvalue weighted by Gasteiger charge is -2.13. The van der Waals surface area contributed by atoms with Crippen LogP contribution in [0.15, 0.2) is 30.5 Å². The molecule has 1 aromatic carbocycles. The van der Waals surface area contributed by atoms with E-state index >= 15 is 0 Å². The summed E-state index contributed by atoms with van der Waals surface area (Å²) in [7, 11) is 0. The third-order valence-corrected chi connectivity index (χ3v) is 4.12. The van der Waals surface area contributed by atoms with Crippen LogP contribution >= 0.6 is 0 Å². The molecule has 1 atom stereocenters. The van der Waals surface area contributed by atoms with E-state index in [1.165, 1.54) is 30.2 Å². The summed E-state index contributed by atoms with van der Waals surface area (Å²) in [6.07, 6.45) is 9.51. The largest absolute Gasteiger partial charge is 0.361 e. The third-order valence-electron chi connectivity index (χ3n) is 4.12. The number of nitrogens with one attached hydrogen (secondary N) is 2. The van der Waals surface area contributed by atoms with Crippen molar-refractivity contribution in [1.82, 2.24) is 10.3 Å². The predicted molar refractivity (Wildman–Crippen MR) is 93.0 cm³/mol. The highest BCUT2D eigenvalue weighted by atomic mass is 16.1. The first-order valence-corrected chi connectivity index (χ1v) is 8.55. The Morgan fingerprint density at radius 1 is 1.18 bits per heavy atom. The highest BCUT2D eigenvalue weighted by Crippen LogP contribution is 2.19. The van der Waals surface area contributed by atoms with Gasteiger partial charge in [-0.2, -0.15) is 0 Å². The van der Waals surface area contributed by atoms with Gasteiger partial charge in [0.05, 0.1) is 0 Å². The number of aromatic amines is 1. The van der Waals surface area contributed by atoms with Gasteiger partial charge in [0.15, 0.2) is 0 Å². The van der Waals surface area contributed by atoms with E-state index in [1.807, 2.05) is 6.07 Å². The molecule has 0 aliphatic rings. The first kappa shape index (κ1) is 16.6. The number of benzene rings is 1. The number of unbranched alkanes of at least 4 members (excludes halogenated alkanes) is 4. The Kier molecular flexibility index (Phi) is 6.50. The first-order valence-electron chi connectivity index (χ1n) is 8.55. The minimum Gasteiger partial charge on any atom is -0.361 e. The Bertz CT molecular complexity index is 588. The molecule has 0 aliphatic carbocycles. The van der Waals surface area contributed by atoms with E-state index in [0.29, 0.717) is 6.42 Å². The zero-order valence-electron chi connectivity index (χ0n) is 13.8. The molecule has 0 saturated carbocycles. The van der Waals surface area contributed by atoms with Crippen LogP contribution < -0.4 is 5.32 Å². The van der Waals surface area contributed by atoms with Gasteiger partial charge >= 0.3 is 0 Å². The van der Waals surface area contributed by atoms with E-state index in [2.05, 4.69) is 48.5 Å². The molecule has 1 unspecified atom stereocenters. The van der Waals surface area contributed by atoms with Crippen molar-refractivity contribution in [2.45, 2.75) is 64.8 Å². The summed E-state index contributed by atoms with van der Waals surface area (Å²) in [4.78, 5) is 15.2. The van der Waals surface area contributed by atoms with Gasteiger partial charge in [-0.05, 0) is 31.4 Å². The molecule has 22 heavy (non-hydrogen) atoms. The van der Waals surface area contributed by atoms with Gasteiger partial charge in [0.1, 0.15) is 0 Å².